The Morgan fingerprint density at radius 2 is 1.68 bits per heavy atom. The van der Waals surface area contributed by atoms with Gasteiger partial charge in [-0.05, 0) is 52.0 Å². The van der Waals surface area contributed by atoms with Gasteiger partial charge in [0.2, 0.25) is 11.2 Å². The third-order valence-corrected chi connectivity index (χ3v) is 3.96. The minimum absolute atomic E-state index is 0.0962. The molecule has 3 aromatic rings. The highest BCUT2D eigenvalue weighted by atomic mass is 16.6. The summed E-state index contributed by atoms with van der Waals surface area (Å²) >= 11 is 0. The molecule has 0 saturated heterocycles. The fraction of sp³-hybridized carbons (Fsp3) is 0.273. The number of carbonyl (C=O) groups excluding carboxylic acids is 1. The van der Waals surface area contributed by atoms with E-state index in [0.717, 1.165) is 5.56 Å². The second kappa shape index (κ2) is 8.17. The van der Waals surface area contributed by atoms with E-state index in [2.05, 4.69) is 0 Å². The molecule has 0 fully saturated rings. The van der Waals surface area contributed by atoms with Crippen LogP contribution in [0.5, 0.6) is 17.2 Å². The number of fused-ring (bicyclic) bond motifs is 1. The fourth-order valence-corrected chi connectivity index (χ4v) is 2.55. The molecule has 1 atom stereocenters. The lowest BCUT2D eigenvalue weighted by Crippen LogP contribution is -2.28. The molecule has 0 aliphatic rings. The van der Waals surface area contributed by atoms with Crippen LogP contribution in [-0.2, 0) is 9.53 Å². The molecule has 0 spiro atoms. The summed E-state index contributed by atoms with van der Waals surface area (Å²) < 4.78 is 21.9. The normalized spacial score (nSPS) is 12.0. The van der Waals surface area contributed by atoms with Crippen LogP contribution < -0.4 is 14.9 Å². The van der Waals surface area contributed by atoms with Crippen LogP contribution in [0, 0.1) is 6.92 Å². The monoisotopic (exact) mass is 382 g/mol. The Morgan fingerprint density at radius 3 is 2.36 bits per heavy atom. The van der Waals surface area contributed by atoms with Gasteiger partial charge in [0.05, 0.1) is 11.5 Å². The molecule has 1 unspecified atom stereocenters. The molecule has 1 heterocycles. The summed E-state index contributed by atoms with van der Waals surface area (Å²) in [7, 11) is 0. The Labute approximate surface area is 162 Å². The molecule has 28 heavy (non-hydrogen) atoms. The lowest BCUT2D eigenvalue weighted by Gasteiger charge is -2.15. The van der Waals surface area contributed by atoms with E-state index in [-0.39, 0.29) is 17.3 Å². The first-order valence-electron chi connectivity index (χ1n) is 9.00. The minimum Gasteiger partial charge on any atom is -0.479 e. The summed E-state index contributed by atoms with van der Waals surface area (Å²) in [6, 6.07) is 12.1. The molecule has 0 radical (unpaired) electrons. The van der Waals surface area contributed by atoms with Gasteiger partial charge in [0, 0.05) is 6.07 Å². The van der Waals surface area contributed by atoms with Gasteiger partial charge in [0.1, 0.15) is 23.3 Å². The second-order valence-corrected chi connectivity index (χ2v) is 6.75. The van der Waals surface area contributed by atoms with Crippen LogP contribution in [0.25, 0.3) is 11.0 Å². The van der Waals surface area contributed by atoms with Crippen LogP contribution in [-0.4, -0.2) is 18.2 Å². The van der Waals surface area contributed by atoms with Crippen LogP contribution in [0.15, 0.2) is 57.9 Å². The molecule has 146 valence electrons. The highest BCUT2D eigenvalue weighted by molar-refractivity contribution is 5.79. The molecule has 1 aromatic heterocycles. The van der Waals surface area contributed by atoms with Crippen molar-refractivity contribution in [1.29, 1.82) is 0 Å². The smallest absolute Gasteiger partial charge is 0.347 e. The average molecular weight is 382 g/mol. The van der Waals surface area contributed by atoms with Crippen molar-refractivity contribution in [3.05, 3.63) is 64.5 Å². The molecule has 0 aliphatic heterocycles. The van der Waals surface area contributed by atoms with Crippen LogP contribution >= 0.6 is 0 Å². The molecular weight excluding hydrogens is 360 g/mol. The van der Waals surface area contributed by atoms with Gasteiger partial charge in [-0.2, -0.15) is 0 Å². The summed E-state index contributed by atoms with van der Waals surface area (Å²) in [4.78, 5) is 24.5. The Bertz CT molecular complexity index is 1030. The van der Waals surface area contributed by atoms with Crippen molar-refractivity contribution in [2.45, 2.75) is 39.9 Å². The summed E-state index contributed by atoms with van der Waals surface area (Å²) in [5, 5.41) is 0.356. The zero-order valence-electron chi connectivity index (χ0n) is 16.2. The molecule has 0 aliphatic carbocycles. The molecule has 6 nitrogen and oxygen atoms in total. The standard InChI is InChI=1S/C22H22O6/c1-13(2)26-22(24)15(4)27-17-9-10-18-19(11-17)25-12-20(21(18)23)28-16-7-5-14(3)6-8-16/h5-13,15H,1-4H3. The van der Waals surface area contributed by atoms with Crippen molar-refractivity contribution < 1.29 is 23.4 Å². The highest BCUT2D eigenvalue weighted by Crippen LogP contribution is 2.24. The van der Waals surface area contributed by atoms with Crippen LogP contribution in [0.1, 0.15) is 26.3 Å². The Kier molecular flexibility index (Phi) is 5.68. The number of ether oxygens (including phenoxy) is 3. The topological polar surface area (TPSA) is 75.0 Å². The van der Waals surface area contributed by atoms with E-state index in [1.807, 2.05) is 19.1 Å². The predicted octanol–water partition coefficient (Wildman–Crippen LogP) is 4.61. The van der Waals surface area contributed by atoms with Crippen molar-refractivity contribution in [3.63, 3.8) is 0 Å². The van der Waals surface area contributed by atoms with E-state index in [4.69, 9.17) is 18.6 Å². The van der Waals surface area contributed by atoms with Gasteiger partial charge in [-0.1, -0.05) is 17.7 Å². The summed E-state index contributed by atoms with van der Waals surface area (Å²) in [5.74, 6) is 0.586. The maximum absolute atomic E-state index is 12.7. The Morgan fingerprint density at radius 1 is 1.00 bits per heavy atom. The van der Waals surface area contributed by atoms with E-state index in [1.54, 1.807) is 51.1 Å². The van der Waals surface area contributed by atoms with Crippen molar-refractivity contribution in [2.75, 3.05) is 0 Å². The SMILES string of the molecule is Cc1ccc(Oc2coc3cc(OC(C)C(=O)OC(C)C)ccc3c2=O)cc1. The van der Waals surface area contributed by atoms with Crippen LogP contribution in [0.4, 0.5) is 0 Å². The zero-order valence-corrected chi connectivity index (χ0v) is 16.2. The van der Waals surface area contributed by atoms with E-state index in [1.165, 1.54) is 6.26 Å². The number of hydrogen-bond donors (Lipinski definition) is 0. The maximum Gasteiger partial charge on any atom is 0.347 e. The largest absolute Gasteiger partial charge is 0.479 e. The minimum atomic E-state index is -0.782. The molecule has 2 aromatic carbocycles. The number of rotatable bonds is 6. The summed E-state index contributed by atoms with van der Waals surface area (Å²) in [6.07, 6.45) is 0.265. The average Bonchev–Trinajstić information content (AvgIpc) is 2.65. The van der Waals surface area contributed by atoms with Crippen LogP contribution in [0.3, 0.4) is 0 Å². The van der Waals surface area contributed by atoms with Crippen molar-refractivity contribution in [2.24, 2.45) is 0 Å². The number of esters is 1. The third-order valence-electron chi connectivity index (χ3n) is 3.96. The Hall–Kier alpha value is -3.28. The van der Waals surface area contributed by atoms with Gasteiger partial charge < -0.3 is 18.6 Å². The van der Waals surface area contributed by atoms with Crippen molar-refractivity contribution in [3.8, 4) is 17.2 Å². The number of benzene rings is 2. The number of hydrogen-bond acceptors (Lipinski definition) is 6. The summed E-state index contributed by atoms with van der Waals surface area (Å²) in [5.41, 5.74) is 1.14. The zero-order chi connectivity index (χ0) is 20.3. The Balaban J connectivity index is 1.81. The quantitative estimate of drug-likeness (QED) is 0.580. The molecule has 0 saturated carbocycles. The van der Waals surface area contributed by atoms with Gasteiger partial charge in [-0.3, -0.25) is 4.79 Å². The van der Waals surface area contributed by atoms with Crippen molar-refractivity contribution in [1.82, 2.24) is 0 Å². The molecular formula is C22H22O6. The third kappa shape index (κ3) is 4.52. The lowest BCUT2D eigenvalue weighted by atomic mass is 10.2. The van der Waals surface area contributed by atoms with Gasteiger partial charge >= 0.3 is 5.97 Å². The van der Waals surface area contributed by atoms with E-state index in [0.29, 0.717) is 22.5 Å². The number of aryl methyl sites for hydroxylation is 1. The first kappa shape index (κ1) is 19.5. The highest BCUT2D eigenvalue weighted by Gasteiger charge is 2.18. The first-order valence-corrected chi connectivity index (χ1v) is 9.00. The number of carbonyl (C=O) groups is 1. The molecule has 6 heteroatoms. The van der Waals surface area contributed by atoms with Gasteiger partial charge in [-0.25, -0.2) is 4.79 Å². The lowest BCUT2D eigenvalue weighted by molar-refractivity contribution is -0.154. The predicted molar refractivity (Wildman–Crippen MR) is 105 cm³/mol. The first-order chi connectivity index (χ1) is 13.3. The van der Waals surface area contributed by atoms with Gasteiger partial charge in [0.15, 0.2) is 6.10 Å². The van der Waals surface area contributed by atoms with Gasteiger partial charge in [0.25, 0.3) is 0 Å². The molecule has 0 amide bonds. The van der Waals surface area contributed by atoms with Crippen LogP contribution in [0.2, 0.25) is 0 Å². The van der Waals surface area contributed by atoms with E-state index < -0.39 is 12.1 Å². The fourth-order valence-electron chi connectivity index (χ4n) is 2.55. The summed E-state index contributed by atoms with van der Waals surface area (Å²) in [6.45, 7) is 7.11. The maximum atomic E-state index is 12.7. The molecule has 3 rings (SSSR count). The van der Waals surface area contributed by atoms with E-state index in [9.17, 15) is 9.59 Å². The van der Waals surface area contributed by atoms with Crippen molar-refractivity contribution >= 4 is 16.9 Å². The van der Waals surface area contributed by atoms with Gasteiger partial charge in [-0.15, -0.1) is 0 Å². The van der Waals surface area contributed by atoms with E-state index >= 15 is 0 Å². The molecule has 0 N–H and O–H groups in total. The molecule has 0 bridgehead atoms. The second-order valence-electron chi connectivity index (χ2n) is 6.75.